The SMILES string of the molecule is CCNC(=NCC1(CCOC)CCC1)NCCCc1nc2ccccc2[nH]1.I. The molecular weight excluding hydrogens is 465 g/mol. The lowest BCUT2D eigenvalue weighted by molar-refractivity contribution is 0.0778. The van der Waals surface area contributed by atoms with Gasteiger partial charge in [0.15, 0.2) is 5.96 Å². The minimum absolute atomic E-state index is 0. The minimum atomic E-state index is 0. The molecule has 2 aromatic rings. The predicted molar refractivity (Wildman–Crippen MR) is 127 cm³/mol. The lowest BCUT2D eigenvalue weighted by atomic mass is 9.67. The molecule has 156 valence electrons. The van der Waals surface area contributed by atoms with Gasteiger partial charge < -0.3 is 20.4 Å². The second-order valence-corrected chi connectivity index (χ2v) is 7.52. The van der Waals surface area contributed by atoms with Crippen LogP contribution in [0.1, 0.15) is 44.9 Å². The van der Waals surface area contributed by atoms with E-state index in [0.717, 1.165) is 68.3 Å². The quantitative estimate of drug-likeness (QED) is 0.201. The van der Waals surface area contributed by atoms with Gasteiger partial charge in [-0.2, -0.15) is 0 Å². The zero-order chi connectivity index (χ0) is 19.0. The third-order valence-corrected chi connectivity index (χ3v) is 5.49. The first-order valence-electron chi connectivity index (χ1n) is 10.2. The molecule has 1 saturated carbocycles. The molecule has 1 heterocycles. The fraction of sp³-hybridized carbons (Fsp3) is 0.619. The molecule has 0 bridgehead atoms. The number of aryl methyl sites for hydroxylation is 1. The highest BCUT2D eigenvalue weighted by Gasteiger charge is 2.36. The maximum atomic E-state index is 5.28. The lowest BCUT2D eigenvalue weighted by Gasteiger charge is -2.40. The summed E-state index contributed by atoms with van der Waals surface area (Å²) in [5, 5.41) is 6.83. The second-order valence-electron chi connectivity index (χ2n) is 7.52. The molecular formula is C21H34IN5O. The van der Waals surface area contributed by atoms with E-state index in [0.29, 0.717) is 5.41 Å². The summed E-state index contributed by atoms with van der Waals surface area (Å²) in [6.45, 7) is 5.58. The number of fused-ring (bicyclic) bond motifs is 1. The highest BCUT2D eigenvalue weighted by Crippen LogP contribution is 2.44. The Kier molecular flexibility index (Phi) is 9.50. The number of imidazole rings is 1. The molecule has 1 aromatic heterocycles. The predicted octanol–water partition coefficient (Wildman–Crippen LogP) is 3.88. The van der Waals surface area contributed by atoms with E-state index in [1.807, 2.05) is 18.2 Å². The third-order valence-electron chi connectivity index (χ3n) is 5.49. The summed E-state index contributed by atoms with van der Waals surface area (Å²) in [4.78, 5) is 12.9. The van der Waals surface area contributed by atoms with Crippen LogP contribution < -0.4 is 10.6 Å². The van der Waals surface area contributed by atoms with Gasteiger partial charge in [0.05, 0.1) is 11.0 Å². The van der Waals surface area contributed by atoms with E-state index < -0.39 is 0 Å². The number of aliphatic imine (C=N–C) groups is 1. The van der Waals surface area contributed by atoms with Crippen LogP contribution in [0.4, 0.5) is 0 Å². The number of nitrogens with zero attached hydrogens (tertiary/aromatic N) is 2. The van der Waals surface area contributed by atoms with Gasteiger partial charge in [0.2, 0.25) is 0 Å². The van der Waals surface area contributed by atoms with Gasteiger partial charge in [-0.3, -0.25) is 4.99 Å². The molecule has 0 unspecified atom stereocenters. The van der Waals surface area contributed by atoms with Crippen LogP contribution in [0.3, 0.4) is 0 Å². The van der Waals surface area contributed by atoms with Crippen LogP contribution in [0.15, 0.2) is 29.3 Å². The number of methoxy groups -OCH3 is 1. The normalized spacial score (nSPS) is 15.7. The average molecular weight is 499 g/mol. The van der Waals surface area contributed by atoms with Crippen molar-refractivity contribution in [3.05, 3.63) is 30.1 Å². The van der Waals surface area contributed by atoms with Gasteiger partial charge in [-0.25, -0.2) is 4.98 Å². The van der Waals surface area contributed by atoms with Gasteiger partial charge in [-0.05, 0) is 50.2 Å². The summed E-state index contributed by atoms with van der Waals surface area (Å²) in [5.74, 6) is 1.97. The van der Waals surface area contributed by atoms with Crippen molar-refractivity contribution in [3.63, 3.8) is 0 Å². The number of halogens is 1. The monoisotopic (exact) mass is 499 g/mol. The topological polar surface area (TPSA) is 74.3 Å². The Bertz CT molecular complexity index is 708. The van der Waals surface area contributed by atoms with Gasteiger partial charge in [-0.1, -0.05) is 18.6 Å². The molecule has 28 heavy (non-hydrogen) atoms. The van der Waals surface area contributed by atoms with Crippen molar-refractivity contribution in [2.75, 3.05) is 33.4 Å². The molecule has 0 radical (unpaired) electrons. The Labute approximate surface area is 185 Å². The van der Waals surface area contributed by atoms with Crippen LogP contribution in [-0.4, -0.2) is 49.3 Å². The van der Waals surface area contributed by atoms with E-state index in [1.54, 1.807) is 7.11 Å². The molecule has 0 atom stereocenters. The summed E-state index contributed by atoms with van der Waals surface area (Å²) >= 11 is 0. The van der Waals surface area contributed by atoms with E-state index in [4.69, 9.17) is 9.73 Å². The number of rotatable bonds is 10. The van der Waals surface area contributed by atoms with E-state index in [9.17, 15) is 0 Å². The summed E-state index contributed by atoms with van der Waals surface area (Å²) in [5.41, 5.74) is 2.50. The first kappa shape index (κ1) is 22.9. The Morgan fingerprint density at radius 3 is 2.79 bits per heavy atom. The van der Waals surface area contributed by atoms with Gasteiger partial charge in [0, 0.05) is 39.8 Å². The standard InChI is InChI=1S/C21H33N5O.HI/c1-3-22-20(24-16-21(11-7-12-21)13-15-27-2)23-14-6-10-19-25-17-8-4-5-9-18(17)26-19;/h4-5,8-9H,3,6-7,10-16H2,1-2H3,(H,25,26)(H2,22,23,24);1H. The number of H-pyrrole nitrogens is 1. The maximum absolute atomic E-state index is 5.28. The molecule has 0 aliphatic heterocycles. The Balaban J connectivity index is 0.00000280. The molecule has 3 N–H and O–H groups in total. The van der Waals surface area contributed by atoms with Crippen molar-refractivity contribution in [3.8, 4) is 0 Å². The number of aromatic amines is 1. The van der Waals surface area contributed by atoms with E-state index in [-0.39, 0.29) is 24.0 Å². The van der Waals surface area contributed by atoms with Crippen LogP contribution >= 0.6 is 24.0 Å². The van der Waals surface area contributed by atoms with Gasteiger partial charge in [-0.15, -0.1) is 24.0 Å². The number of benzene rings is 1. The second kappa shape index (κ2) is 11.6. The fourth-order valence-corrected chi connectivity index (χ4v) is 3.66. The molecule has 6 nitrogen and oxygen atoms in total. The first-order valence-corrected chi connectivity index (χ1v) is 10.2. The number of hydrogen-bond donors (Lipinski definition) is 3. The van der Waals surface area contributed by atoms with Crippen LogP contribution in [0.2, 0.25) is 0 Å². The zero-order valence-corrected chi connectivity index (χ0v) is 19.4. The number of nitrogens with one attached hydrogen (secondary N) is 3. The average Bonchev–Trinajstić information content (AvgIpc) is 3.06. The number of para-hydroxylation sites is 2. The van der Waals surface area contributed by atoms with Crippen LogP contribution in [0.5, 0.6) is 0 Å². The molecule has 7 heteroatoms. The summed E-state index contributed by atoms with van der Waals surface area (Å²) in [6, 6.07) is 8.17. The first-order chi connectivity index (χ1) is 13.2. The van der Waals surface area contributed by atoms with Gasteiger partial charge >= 0.3 is 0 Å². The Morgan fingerprint density at radius 2 is 2.11 bits per heavy atom. The summed E-state index contributed by atoms with van der Waals surface area (Å²) < 4.78 is 5.28. The van der Waals surface area contributed by atoms with Crippen molar-refractivity contribution in [2.45, 2.75) is 45.4 Å². The smallest absolute Gasteiger partial charge is 0.191 e. The minimum Gasteiger partial charge on any atom is -0.385 e. The largest absolute Gasteiger partial charge is 0.385 e. The molecule has 1 aliphatic rings. The van der Waals surface area contributed by atoms with E-state index in [1.165, 1.54) is 19.3 Å². The van der Waals surface area contributed by atoms with Crippen LogP contribution in [0.25, 0.3) is 11.0 Å². The van der Waals surface area contributed by atoms with Crippen molar-refractivity contribution in [1.29, 1.82) is 0 Å². The van der Waals surface area contributed by atoms with Crippen molar-refractivity contribution < 1.29 is 4.74 Å². The van der Waals surface area contributed by atoms with Gasteiger partial charge in [0.1, 0.15) is 5.82 Å². The molecule has 0 saturated heterocycles. The number of aromatic nitrogens is 2. The molecule has 0 spiro atoms. The molecule has 1 fully saturated rings. The highest BCUT2D eigenvalue weighted by atomic mass is 127. The Hall–Kier alpha value is -1.35. The summed E-state index contributed by atoms with van der Waals surface area (Å²) in [7, 11) is 1.78. The molecule has 0 amide bonds. The van der Waals surface area contributed by atoms with Gasteiger partial charge in [0.25, 0.3) is 0 Å². The van der Waals surface area contributed by atoms with Crippen LogP contribution in [-0.2, 0) is 11.2 Å². The van der Waals surface area contributed by atoms with E-state index >= 15 is 0 Å². The highest BCUT2D eigenvalue weighted by molar-refractivity contribution is 14.0. The number of hydrogen-bond acceptors (Lipinski definition) is 3. The van der Waals surface area contributed by atoms with Crippen molar-refractivity contribution in [2.24, 2.45) is 10.4 Å². The lowest BCUT2D eigenvalue weighted by Crippen LogP contribution is -2.40. The van der Waals surface area contributed by atoms with Crippen molar-refractivity contribution >= 4 is 41.0 Å². The molecule has 3 rings (SSSR count). The number of guanidine groups is 1. The fourth-order valence-electron chi connectivity index (χ4n) is 3.66. The molecule has 1 aliphatic carbocycles. The summed E-state index contributed by atoms with van der Waals surface area (Å²) in [6.07, 6.45) is 6.91. The van der Waals surface area contributed by atoms with Crippen LogP contribution in [0, 0.1) is 5.41 Å². The third kappa shape index (κ3) is 6.34. The maximum Gasteiger partial charge on any atom is 0.191 e. The van der Waals surface area contributed by atoms with Crippen molar-refractivity contribution in [1.82, 2.24) is 20.6 Å². The Morgan fingerprint density at radius 1 is 1.29 bits per heavy atom. The molecule has 1 aromatic carbocycles. The van der Waals surface area contributed by atoms with E-state index in [2.05, 4.69) is 33.6 Å². The number of ether oxygens (including phenoxy) is 1. The zero-order valence-electron chi connectivity index (χ0n) is 17.1.